The summed E-state index contributed by atoms with van der Waals surface area (Å²) in [6.45, 7) is 5.30. The van der Waals surface area contributed by atoms with Crippen molar-refractivity contribution in [3.8, 4) is 5.75 Å². The Balaban J connectivity index is 2.46. The first-order valence-corrected chi connectivity index (χ1v) is 5.90. The van der Waals surface area contributed by atoms with Gasteiger partial charge in [-0.15, -0.1) is 0 Å². The normalized spacial score (nSPS) is 10.2. The minimum atomic E-state index is -0.369. The standard InChI is InChI=1S/C13H20N2O3/c1-10(2)9-18-12-6-4-5-11(7-12)8-14-13(16)15-17-3/h4-7,10H,8-9H2,1-3H3,(H2,14,15,16). The molecular weight excluding hydrogens is 232 g/mol. The Hall–Kier alpha value is -1.75. The summed E-state index contributed by atoms with van der Waals surface area (Å²) in [5, 5.41) is 2.66. The molecule has 0 spiro atoms. The second-order valence-corrected chi connectivity index (χ2v) is 4.34. The van der Waals surface area contributed by atoms with Crippen LogP contribution in [0.2, 0.25) is 0 Å². The van der Waals surface area contributed by atoms with E-state index >= 15 is 0 Å². The van der Waals surface area contributed by atoms with Crippen molar-refractivity contribution in [3.63, 3.8) is 0 Å². The lowest BCUT2D eigenvalue weighted by atomic mass is 10.2. The fourth-order valence-corrected chi connectivity index (χ4v) is 1.32. The molecule has 100 valence electrons. The predicted molar refractivity (Wildman–Crippen MR) is 69.2 cm³/mol. The monoisotopic (exact) mass is 252 g/mol. The van der Waals surface area contributed by atoms with Crippen molar-refractivity contribution in [2.24, 2.45) is 5.92 Å². The van der Waals surface area contributed by atoms with E-state index in [0.29, 0.717) is 19.1 Å². The molecule has 0 heterocycles. The Morgan fingerprint density at radius 2 is 2.17 bits per heavy atom. The van der Waals surface area contributed by atoms with Crippen molar-refractivity contribution in [2.75, 3.05) is 13.7 Å². The molecule has 0 saturated carbocycles. The molecule has 18 heavy (non-hydrogen) atoms. The zero-order valence-electron chi connectivity index (χ0n) is 11.0. The number of ether oxygens (including phenoxy) is 1. The van der Waals surface area contributed by atoms with Crippen LogP contribution in [0.5, 0.6) is 5.75 Å². The van der Waals surface area contributed by atoms with Crippen molar-refractivity contribution in [3.05, 3.63) is 29.8 Å². The number of amides is 2. The molecule has 1 aromatic carbocycles. The van der Waals surface area contributed by atoms with Gasteiger partial charge in [0, 0.05) is 6.54 Å². The summed E-state index contributed by atoms with van der Waals surface area (Å²) >= 11 is 0. The van der Waals surface area contributed by atoms with Crippen LogP contribution in [0.3, 0.4) is 0 Å². The van der Waals surface area contributed by atoms with Gasteiger partial charge in [0.1, 0.15) is 5.75 Å². The van der Waals surface area contributed by atoms with Gasteiger partial charge >= 0.3 is 6.03 Å². The van der Waals surface area contributed by atoms with Gasteiger partial charge in [-0.3, -0.25) is 4.84 Å². The third-order valence-electron chi connectivity index (χ3n) is 2.13. The first-order chi connectivity index (χ1) is 8.61. The number of rotatable bonds is 6. The Labute approximate surface area is 107 Å². The van der Waals surface area contributed by atoms with Gasteiger partial charge in [0.25, 0.3) is 0 Å². The van der Waals surface area contributed by atoms with E-state index in [0.717, 1.165) is 11.3 Å². The first-order valence-electron chi connectivity index (χ1n) is 5.90. The maximum absolute atomic E-state index is 11.1. The molecule has 0 aliphatic heterocycles. The van der Waals surface area contributed by atoms with Crippen molar-refractivity contribution >= 4 is 6.03 Å². The van der Waals surface area contributed by atoms with Gasteiger partial charge < -0.3 is 10.1 Å². The van der Waals surface area contributed by atoms with Gasteiger partial charge in [-0.05, 0) is 23.6 Å². The molecule has 0 aliphatic rings. The fourth-order valence-electron chi connectivity index (χ4n) is 1.32. The summed E-state index contributed by atoms with van der Waals surface area (Å²) in [6, 6.07) is 7.28. The largest absolute Gasteiger partial charge is 0.493 e. The average molecular weight is 252 g/mol. The SMILES string of the molecule is CONC(=O)NCc1cccc(OCC(C)C)c1. The van der Waals surface area contributed by atoms with E-state index in [2.05, 4.69) is 29.5 Å². The molecule has 0 aliphatic carbocycles. The number of carbonyl (C=O) groups excluding carboxylic acids is 1. The molecule has 5 nitrogen and oxygen atoms in total. The molecule has 5 heteroatoms. The highest BCUT2D eigenvalue weighted by Crippen LogP contribution is 2.14. The fraction of sp³-hybridized carbons (Fsp3) is 0.462. The average Bonchev–Trinajstić information content (AvgIpc) is 2.35. The Bertz CT molecular complexity index is 380. The first kappa shape index (κ1) is 14.3. The number of urea groups is 1. The number of hydroxylamine groups is 1. The highest BCUT2D eigenvalue weighted by molar-refractivity contribution is 5.72. The van der Waals surface area contributed by atoms with E-state index in [1.165, 1.54) is 7.11 Å². The number of benzene rings is 1. The minimum Gasteiger partial charge on any atom is -0.493 e. The van der Waals surface area contributed by atoms with Crippen LogP contribution in [0.25, 0.3) is 0 Å². The number of carbonyl (C=O) groups is 1. The number of hydrogen-bond donors (Lipinski definition) is 2. The molecule has 0 bridgehead atoms. The van der Waals surface area contributed by atoms with Crippen molar-refractivity contribution in [2.45, 2.75) is 20.4 Å². The van der Waals surface area contributed by atoms with Crippen molar-refractivity contribution in [1.29, 1.82) is 0 Å². The van der Waals surface area contributed by atoms with E-state index in [1.807, 2.05) is 24.3 Å². The highest BCUT2D eigenvalue weighted by atomic mass is 16.6. The third-order valence-corrected chi connectivity index (χ3v) is 2.13. The second kappa shape index (κ2) is 7.55. The molecule has 0 fully saturated rings. The lowest BCUT2D eigenvalue weighted by molar-refractivity contribution is 0.107. The van der Waals surface area contributed by atoms with Gasteiger partial charge in [-0.25, -0.2) is 10.3 Å². The molecule has 0 radical (unpaired) electrons. The van der Waals surface area contributed by atoms with Gasteiger partial charge in [-0.2, -0.15) is 0 Å². The minimum absolute atomic E-state index is 0.369. The molecule has 2 N–H and O–H groups in total. The van der Waals surface area contributed by atoms with E-state index in [4.69, 9.17) is 4.74 Å². The molecule has 0 atom stereocenters. The zero-order valence-corrected chi connectivity index (χ0v) is 11.0. The van der Waals surface area contributed by atoms with Crippen LogP contribution in [0.4, 0.5) is 4.79 Å². The highest BCUT2D eigenvalue weighted by Gasteiger charge is 2.01. The van der Waals surface area contributed by atoms with Crippen LogP contribution >= 0.6 is 0 Å². The number of nitrogens with one attached hydrogen (secondary N) is 2. The zero-order chi connectivity index (χ0) is 13.4. The van der Waals surface area contributed by atoms with Crippen LogP contribution in [0.15, 0.2) is 24.3 Å². The van der Waals surface area contributed by atoms with Crippen molar-refractivity contribution < 1.29 is 14.4 Å². The van der Waals surface area contributed by atoms with Gasteiger partial charge in [0.2, 0.25) is 0 Å². The third kappa shape index (κ3) is 5.54. The molecule has 0 aromatic heterocycles. The molecule has 2 amide bonds. The molecule has 0 saturated heterocycles. The summed E-state index contributed by atoms with van der Waals surface area (Å²) < 4.78 is 5.61. The van der Waals surface area contributed by atoms with E-state index < -0.39 is 0 Å². The van der Waals surface area contributed by atoms with Crippen LogP contribution in [0.1, 0.15) is 19.4 Å². The van der Waals surface area contributed by atoms with Gasteiger partial charge in [0.05, 0.1) is 13.7 Å². The molecule has 0 unspecified atom stereocenters. The Kier molecular flexibility index (Phi) is 6.00. The molecule has 1 rings (SSSR count). The maximum atomic E-state index is 11.1. The number of hydrogen-bond acceptors (Lipinski definition) is 3. The van der Waals surface area contributed by atoms with Gasteiger partial charge in [0.15, 0.2) is 0 Å². The predicted octanol–water partition coefficient (Wildman–Crippen LogP) is 2.08. The van der Waals surface area contributed by atoms with Gasteiger partial charge in [-0.1, -0.05) is 26.0 Å². The topological polar surface area (TPSA) is 59.6 Å². The summed E-state index contributed by atoms with van der Waals surface area (Å²) in [5.41, 5.74) is 3.16. The lowest BCUT2D eigenvalue weighted by Crippen LogP contribution is -2.34. The maximum Gasteiger partial charge on any atom is 0.338 e. The summed E-state index contributed by atoms with van der Waals surface area (Å²) in [7, 11) is 1.39. The Morgan fingerprint density at radius 1 is 1.39 bits per heavy atom. The smallest absolute Gasteiger partial charge is 0.338 e. The van der Waals surface area contributed by atoms with Crippen LogP contribution in [-0.2, 0) is 11.4 Å². The summed E-state index contributed by atoms with van der Waals surface area (Å²) in [5.74, 6) is 1.30. The van der Waals surface area contributed by atoms with E-state index in [1.54, 1.807) is 0 Å². The van der Waals surface area contributed by atoms with Crippen LogP contribution < -0.4 is 15.5 Å². The van der Waals surface area contributed by atoms with Crippen LogP contribution in [0, 0.1) is 5.92 Å². The molecular formula is C13H20N2O3. The van der Waals surface area contributed by atoms with E-state index in [9.17, 15) is 4.79 Å². The quantitative estimate of drug-likeness (QED) is 0.762. The second-order valence-electron chi connectivity index (χ2n) is 4.34. The summed E-state index contributed by atoms with van der Waals surface area (Å²) in [4.78, 5) is 15.6. The van der Waals surface area contributed by atoms with E-state index in [-0.39, 0.29) is 6.03 Å². The summed E-state index contributed by atoms with van der Waals surface area (Å²) in [6.07, 6.45) is 0. The Morgan fingerprint density at radius 3 is 2.83 bits per heavy atom. The molecule has 1 aromatic rings. The van der Waals surface area contributed by atoms with Crippen molar-refractivity contribution in [1.82, 2.24) is 10.8 Å². The lowest BCUT2D eigenvalue weighted by Gasteiger charge is -2.10. The van der Waals surface area contributed by atoms with Crippen LogP contribution in [-0.4, -0.2) is 19.7 Å².